The van der Waals surface area contributed by atoms with Crippen molar-refractivity contribution in [1.82, 2.24) is 4.90 Å². The van der Waals surface area contributed by atoms with Crippen molar-refractivity contribution in [2.75, 3.05) is 19.5 Å². The van der Waals surface area contributed by atoms with E-state index in [-0.39, 0.29) is 18.2 Å². The summed E-state index contributed by atoms with van der Waals surface area (Å²) in [4.78, 5) is 30.9. The van der Waals surface area contributed by atoms with Gasteiger partial charge in [-0.05, 0) is 48.5 Å². The standard InChI is InChI=1S/C19H18ClN3O3S/c1-23-17(24)11-16(18(25)21-13-7-9-15(26-2)10-8-13)27-19(23)22-14-5-3-12(20)4-6-14/h3-10,16H,11H2,1-2H3,(H,21,25)/t16-/m0/s1. The molecule has 6 nitrogen and oxygen atoms in total. The van der Waals surface area contributed by atoms with E-state index in [0.29, 0.717) is 27.3 Å². The zero-order chi connectivity index (χ0) is 19.4. The molecule has 0 unspecified atom stereocenters. The molecule has 2 amide bonds. The second-order valence-corrected chi connectivity index (χ2v) is 7.46. The van der Waals surface area contributed by atoms with Crippen LogP contribution in [0.2, 0.25) is 5.02 Å². The predicted molar refractivity (Wildman–Crippen MR) is 109 cm³/mol. The molecule has 1 heterocycles. The summed E-state index contributed by atoms with van der Waals surface area (Å²) in [6.07, 6.45) is 0.114. The van der Waals surface area contributed by atoms with Crippen LogP contribution in [0.25, 0.3) is 0 Å². The Kier molecular flexibility index (Phi) is 6.03. The number of hydrogen-bond donors (Lipinski definition) is 1. The Hall–Kier alpha value is -2.51. The van der Waals surface area contributed by atoms with Crippen molar-refractivity contribution in [3.05, 3.63) is 53.6 Å². The summed E-state index contributed by atoms with van der Waals surface area (Å²) >= 11 is 7.15. The molecule has 0 radical (unpaired) electrons. The molecular formula is C19H18ClN3O3S. The molecular weight excluding hydrogens is 386 g/mol. The van der Waals surface area contributed by atoms with Crippen LogP contribution in [0.3, 0.4) is 0 Å². The molecule has 0 bridgehead atoms. The summed E-state index contributed by atoms with van der Waals surface area (Å²) in [6, 6.07) is 14.0. The number of carbonyl (C=O) groups is 2. The molecule has 1 aliphatic rings. The van der Waals surface area contributed by atoms with Crippen LogP contribution in [0.5, 0.6) is 5.75 Å². The van der Waals surface area contributed by atoms with Crippen LogP contribution in [-0.2, 0) is 9.59 Å². The van der Waals surface area contributed by atoms with E-state index >= 15 is 0 Å². The van der Waals surface area contributed by atoms with E-state index in [2.05, 4.69) is 10.3 Å². The van der Waals surface area contributed by atoms with Crippen LogP contribution in [-0.4, -0.2) is 41.3 Å². The lowest BCUT2D eigenvalue weighted by Crippen LogP contribution is -2.43. The minimum Gasteiger partial charge on any atom is -0.497 e. The Morgan fingerprint density at radius 1 is 1.22 bits per heavy atom. The van der Waals surface area contributed by atoms with Crippen LogP contribution in [0.15, 0.2) is 53.5 Å². The zero-order valence-electron chi connectivity index (χ0n) is 14.8. The Morgan fingerprint density at radius 3 is 2.52 bits per heavy atom. The normalized spacial score (nSPS) is 18.5. The maximum Gasteiger partial charge on any atom is 0.238 e. The topological polar surface area (TPSA) is 71.0 Å². The largest absolute Gasteiger partial charge is 0.497 e. The number of nitrogens with one attached hydrogen (secondary N) is 1. The summed E-state index contributed by atoms with van der Waals surface area (Å²) in [5, 5.41) is 3.36. The number of amides is 2. The summed E-state index contributed by atoms with van der Waals surface area (Å²) in [5.74, 6) is 0.306. The third-order valence-corrected chi connectivity index (χ3v) is 5.46. The number of hydrogen-bond acceptors (Lipinski definition) is 5. The third-order valence-electron chi connectivity index (χ3n) is 3.97. The van der Waals surface area contributed by atoms with Gasteiger partial charge in [0.1, 0.15) is 11.0 Å². The number of ether oxygens (including phenoxy) is 1. The second kappa shape index (κ2) is 8.45. The van der Waals surface area contributed by atoms with Crippen LogP contribution < -0.4 is 10.1 Å². The number of halogens is 1. The van der Waals surface area contributed by atoms with Crippen molar-refractivity contribution in [1.29, 1.82) is 0 Å². The SMILES string of the molecule is COc1ccc(NC(=O)[C@@H]2CC(=O)N(C)C(=Nc3ccc(Cl)cc3)S2)cc1. The van der Waals surface area contributed by atoms with Crippen LogP contribution in [0.4, 0.5) is 11.4 Å². The lowest BCUT2D eigenvalue weighted by Gasteiger charge is -2.28. The van der Waals surface area contributed by atoms with E-state index in [1.54, 1.807) is 62.7 Å². The fourth-order valence-corrected chi connectivity index (χ4v) is 3.61. The van der Waals surface area contributed by atoms with E-state index in [9.17, 15) is 9.59 Å². The monoisotopic (exact) mass is 403 g/mol. The maximum atomic E-state index is 12.6. The first-order valence-electron chi connectivity index (χ1n) is 8.18. The van der Waals surface area contributed by atoms with Gasteiger partial charge < -0.3 is 10.1 Å². The summed E-state index contributed by atoms with van der Waals surface area (Å²) in [6.45, 7) is 0. The average Bonchev–Trinajstić information content (AvgIpc) is 2.67. The quantitative estimate of drug-likeness (QED) is 0.839. The highest BCUT2D eigenvalue weighted by atomic mass is 35.5. The molecule has 8 heteroatoms. The van der Waals surface area contributed by atoms with E-state index in [4.69, 9.17) is 16.3 Å². The van der Waals surface area contributed by atoms with Gasteiger partial charge in [0.05, 0.1) is 12.8 Å². The minimum absolute atomic E-state index is 0.114. The van der Waals surface area contributed by atoms with Crippen LogP contribution >= 0.6 is 23.4 Å². The Bertz CT molecular complexity index is 869. The molecule has 2 aromatic rings. The molecule has 1 N–H and O–H groups in total. The smallest absolute Gasteiger partial charge is 0.238 e. The van der Waals surface area contributed by atoms with Crippen molar-refractivity contribution < 1.29 is 14.3 Å². The van der Waals surface area contributed by atoms with E-state index < -0.39 is 5.25 Å². The molecule has 27 heavy (non-hydrogen) atoms. The van der Waals surface area contributed by atoms with Crippen molar-refractivity contribution >= 4 is 51.7 Å². The molecule has 3 rings (SSSR count). The number of anilines is 1. The van der Waals surface area contributed by atoms with Crippen molar-refractivity contribution in [2.24, 2.45) is 4.99 Å². The van der Waals surface area contributed by atoms with Gasteiger partial charge in [-0.1, -0.05) is 23.4 Å². The molecule has 0 saturated carbocycles. The fraction of sp³-hybridized carbons (Fsp3) is 0.211. The molecule has 1 aliphatic heterocycles. The lowest BCUT2D eigenvalue weighted by molar-refractivity contribution is -0.128. The molecule has 140 valence electrons. The molecule has 1 atom stereocenters. The lowest BCUT2D eigenvalue weighted by atomic mass is 10.2. The fourth-order valence-electron chi connectivity index (χ4n) is 2.42. The number of methoxy groups -OCH3 is 1. The van der Waals surface area contributed by atoms with Gasteiger partial charge in [-0.3, -0.25) is 14.5 Å². The maximum absolute atomic E-state index is 12.6. The van der Waals surface area contributed by atoms with E-state index in [1.165, 1.54) is 16.7 Å². The van der Waals surface area contributed by atoms with Gasteiger partial charge in [0.15, 0.2) is 5.17 Å². The predicted octanol–water partition coefficient (Wildman–Crippen LogP) is 3.94. The molecule has 2 aromatic carbocycles. The van der Waals surface area contributed by atoms with Gasteiger partial charge >= 0.3 is 0 Å². The molecule has 1 saturated heterocycles. The first kappa shape index (κ1) is 19.3. The van der Waals surface area contributed by atoms with Gasteiger partial charge in [-0.2, -0.15) is 0 Å². The number of carbonyl (C=O) groups excluding carboxylic acids is 2. The van der Waals surface area contributed by atoms with Gasteiger partial charge in [0, 0.05) is 24.2 Å². The van der Waals surface area contributed by atoms with Gasteiger partial charge in [0.25, 0.3) is 0 Å². The van der Waals surface area contributed by atoms with Gasteiger partial charge in [-0.25, -0.2) is 4.99 Å². The number of benzene rings is 2. The highest BCUT2D eigenvalue weighted by Gasteiger charge is 2.34. The second-order valence-electron chi connectivity index (χ2n) is 5.85. The van der Waals surface area contributed by atoms with Gasteiger partial charge in [-0.15, -0.1) is 0 Å². The minimum atomic E-state index is -0.554. The first-order valence-corrected chi connectivity index (χ1v) is 9.44. The van der Waals surface area contributed by atoms with Crippen molar-refractivity contribution in [3.8, 4) is 5.75 Å². The summed E-state index contributed by atoms with van der Waals surface area (Å²) in [7, 11) is 3.23. The highest BCUT2D eigenvalue weighted by Crippen LogP contribution is 2.29. The first-order chi connectivity index (χ1) is 13.0. The number of nitrogens with zero attached hydrogens (tertiary/aromatic N) is 2. The van der Waals surface area contributed by atoms with Crippen molar-refractivity contribution in [3.63, 3.8) is 0 Å². The van der Waals surface area contributed by atoms with Crippen LogP contribution in [0, 0.1) is 0 Å². The average molecular weight is 404 g/mol. The molecule has 1 fully saturated rings. The summed E-state index contributed by atoms with van der Waals surface area (Å²) in [5.41, 5.74) is 1.31. The molecule has 0 spiro atoms. The number of thioether (sulfide) groups is 1. The Labute approximate surface area is 166 Å². The zero-order valence-corrected chi connectivity index (χ0v) is 16.4. The number of aliphatic imine (C=N–C) groups is 1. The van der Waals surface area contributed by atoms with E-state index in [0.717, 1.165) is 0 Å². The van der Waals surface area contributed by atoms with Gasteiger partial charge in [0.2, 0.25) is 11.8 Å². The molecule has 0 aliphatic carbocycles. The van der Waals surface area contributed by atoms with Crippen molar-refractivity contribution in [2.45, 2.75) is 11.7 Å². The number of rotatable bonds is 4. The summed E-state index contributed by atoms with van der Waals surface area (Å²) < 4.78 is 5.10. The Morgan fingerprint density at radius 2 is 1.89 bits per heavy atom. The van der Waals surface area contributed by atoms with E-state index in [1.807, 2.05) is 0 Å². The molecule has 0 aromatic heterocycles. The van der Waals surface area contributed by atoms with Crippen LogP contribution in [0.1, 0.15) is 6.42 Å². The third kappa shape index (κ3) is 4.81. The Balaban J connectivity index is 1.74. The highest BCUT2D eigenvalue weighted by molar-refractivity contribution is 8.15. The number of amidine groups is 1.